The summed E-state index contributed by atoms with van der Waals surface area (Å²) in [6.45, 7) is 0. The minimum atomic E-state index is -3.10. The Balaban J connectivity index is 1.81. The first-order valence-corrected chi connectivity index (χ1v) is 9.52. The number of nitrogens with one attached hydrogen (secondary N) is 2. The van der Waals surface area contributed by atoms with Crippen LogP contribution in [0, 0.1) is 11.3 Å². The third kappa shape index (κ3) is 3.95. The van der Waals surface area contributed by atoms with Crippen LogP contribution >= 0.6 is 0 Å². The van der Waals surface area contributed by atoms with Crippen molar-refractivity contribution in [3.63, 3.8) is 0 Å². The minimum Gasteiger partial charge on any atom is -0.348 e. The van der Waals surface area contributed by atoms with Crippen LogP contribution in [0.15, 0.2) is 42.1 Å². The van der Waals surface area contributed by atoms with Gasteiger partial charge in [-0.15, -0.1) is 0 Å². The van der Waals surface area contributed by atoms with E-state index in [2.05, 4.69) is 15.5 Å². The maximum Gasteiger partial charge on any atom is 0.262 e. The number of sulfone groups is 1. The highest BCUT2D eigenvalue weighted by molar-refractivity contribution is 7.91. The van der Waals surface area contributed by atoms with E-state index in [1.54, 1.807) is 0 Å². The molecule has 0 bridgehead atoms. The Morgan fingerprint density at radius 1 is 1.36 bits per heavy atom. The second-order valence-electron chi connectivity index (χ2n) is 5.81. The Kier molecular flexibility index (Phi) is 4.67. The van der Waals surface area contributed by atoms with E-state index in [1.807, 2.05) is 36.4 Å². The first kappa shape index (κ1) is 16.9. The van der Waals surface area contributed by atoms with Crippen molar-refractivity contribution in [1.82, 2.24) is 15.5 Å². The highest BCUT2D eigenvalue weighted by Gasteiger charge is 2.29. The van der Waals surface area contributed by atoms with E-state index in [1.165, 1.54) is 12.3 Å². The summed E-state index contributed by atoms with van der Waals surface area (Å²) < 4.78 is 23.0. The molecule has 128 valence electrons. The summed E-state index contributed by atoms with van der Waals surface area (Å²) >= 11 is 0. The van der Waals surface area contributed by atoms with Gasteiger partial charge < -0.3 is 5.32 Å². The zero-order valence-electron chi connectivity index (χ0n) is 13.3. The summed E-state index contributed by atoms with van der Waals surface area (Å²) in [5, 5.41) is 18.8. The van der Waals surface area contributed by atoms with E-state index in [4.69, 9.17) is 0 Å². The fourth-order valence-corrected chi connectivity index (χ4v) is 4.39. The van der Waals surface area contributed by atoms with Crippen LogP contribution in [0.1, 0.15) is 12.0 Å². The molecule has 1 aliphatic heterocycles. The molecule has 2 heterocycles. The Labute approximate surface area is 145 Å². The summed E-state index contributed by atoms with van der Waals surface area (Å²) in [5.41, 5.74) is 2.09. The van der Waals surface area contributed by atoms with Gasteiger partial charge in [0, 0.05) is 17.2 Å². The van der Waals surface area contributed by atoms with Gasteiger partial charge in [-0.3, -0.25) is 9.89 Å². The predicted molar refractivity (Wildman–Crippen MR) is 92.8 cm³/mol. The molecule has 25 heavy (non-hydrogen) atoms. The Hall–Kier alpha value is -2.92. The van der Waals surface area contributed by atoms with E-state index < -0.39 is 21.8 Å². The molecule has 1 aromatic carbocycles. The molecule has 1 aromatic heterocycles. The topological polar surface area (TPSA) is 116 Å². The standard InChI is InChI=1S/C17H16N4O3S/c18-9-13(17(22)20-15-6-7-25(23,24)11-15)8-14-10-19-21-16(14)12-4-2-1-3-5-12/h1-5,8,10,15H,6-7,11H2,(H,19,21)(H,20,22)/b13-8+/t15-/m0/s1. The SMILES string of the molecule is N#C/C(=C\c1cn[nH]c1-c1ccccc1)C(=O)N[C@H]1CCS(=O)(=O)C1. The van der Waals surface area contributed by atoms with Crippen molar-refractivity contribution in [2.75, 3.05) is 11.5 Å². The number of H-pyrrole nitrogens is 1. The first-order valence-electron chi connectivity index (χ1n) is 7.70. The third-order valence-corrected chi connectivity index (χ3v) is 5.73. The number of amides is 1. The number of hydrogen-bond donors (Lipinski definition) is 2. The van der Waals surface area contributed by atoms with Crippen LogP contribution in [-0.4, -0.2) is 42.1 Å². The molecule has 8 heteroatoms. The average Bonchev–Trinajstić information content (AvgIpc) is 3.19. The normalized spacial score (nSPS) is 19.3. The Bertz CT molecular complexity index is 955. The molecular formula is C17H16N4O3S. The molecule has 2 aromatic rings. The molecule has 1 aliphatic rings. The van der Waals surface area contributed by atoms with E-state index in [9.17, 15) is 18.5 Å². The minimum absolute atomic E-state index is 0.0590. The van der Waals surface area contributed by atoms with Crippen LogP contribution in [0.2, 0.25) is 0 Å². The molecule has 0 unspecified atom stereocenters. The Morgan fingerprint density at radius 3 is 2.76 bits per heavy atom. The van der Waals surface area contributed by atoms with Gasteiger partial charge in [-0.05, 0) is 12.5 Å². The first-order chi connectivity index (χ1) is 12.0. The van der Waals surface area contributed by atoms with Crippen LogP contribution in [0.4, 0.5) is 0 Å². The van der Waals surface area contributed by atoms with E-state index in [0.29, 0.717) is 17.7 Å². The molecule has 7 nitrogen and oxygen atoms in total. The molecule has 0 spiro atoms. The van der Waals surface area contributed by atoms with Gasteiger partial charge in [0.2, 0.25) is 0 Å². The monoisotopic (exact) mass is 356 g/mol. The van der Waals surface area contributed by atoms with Gasteiger partial charge in [0.25, 0.3) is 5.91 Å². The zero-order valence-corrected chi connectivity index (χ0v) is 14.1. The van der Waals surface area contributed by atoms with Crippen molar-refractivity contribution < 1.29 is 13.2 Å². The fourth-order valence-electron chi connectivity index (χ4n) is 2.72. The molecule has 1 atom stereocenters. The van der Waals surface area contributed by atoms with Crippen molar-refractivity contribution in [1.29, 1.82) is 5.26 Å². The highest BCUT2D eigenvalue weighted by Crippen LogP contribution is 2.23. The molecule has 0 saturated carbocycles. The number of carbonyl (C=O) groups excluding carboxylic acids is 1. The smallest absolute Gasteiger partial charge is 0.262 e. The van der Waals surface area contributed by atoms with Crippen molar-refractivity contribution >= 4 is 21.8 Å². The molecule has 2 N–H and O–H groups in total. The molecular weight excluding hydrogens is 340 g/mol. The summed E-state index contributed by atoms with van der Waals surface area (Å²) in [7, 11) is -3.10. The quantitative estimate of drug-likeness (QED) is 0.632. The summed E-state index contributed by atoms with van der Waals surface area (Å²) in [6, 6.07) is 10.8. The van der Waals surface area contributed by atoms with Crippen molar-refractivity contribution in [3.05, 3.63) is 47.7 Å². The number of hydrogen-bond acceptors (Lipinski definition) is 5. The van der Waals surface area contributed by atoms with Crippen LogP contribution in [-0.2, 0) is 14.6 Å². The van der Waals surface area contributed by atoms with Crippen LogP contribution in [0.3, 0.4) is 0 Å². The molecule has 3 rings (SSSR count). The van der Waals surface area contributed by atoms with Crippen molar-refractivity contribution in [2.45, 2.75) is 12.5 Å². The summed E-state index contributed by atoms with van der Waals surface area (Å²) in [4.78, 5) is 12.3. The van der Waals surface area contributed by atoms with Gasteiger partial charge in [-0.25, -0.2) is 8.42 Å². The average molecular weight is 356 g/mol. The third-order valence-electron chi connectivity index (χ3n) is 3.96. The molecule has 1 fully saturated rings. The maximum atomic E-state index is 12.3. The summed E-state index contributed by atoms with van der Waals surface area (Å²) in [6.07, 6.45) is 3.35. The van der Waals surface area contributed by atoms with Gasteiger partial charge in [-0.1, -0.05) is 30.3 Å². The van der Waals surface area contributed by atoms with E-state index in [-0.39, 0.29) is 17.1 Å². The number of benzene rings is 1. The number of aromatic nitrogens is 2. The number of nitriles is 1. The van der Waals surface area contributed by atoms with Gasteiger partial charge in [0.05, 0.1) is 23.4 Å². The lowest BCUT2D eigenvalue weighted by molar-refractivity contribution is -0.117. The van der Waals surface area contributed by atoms with Crippen molar-refractivity contribution in [3.8, 4) is 17.3 Å². The number of nitrogens with zero attached hydrogens (tertiary/aromatic N) is 2. The van der Waals surface area contributed by atoms with Crippen molar-refractivity contribution in [2.24, 2.45) is 0 Å². The van der Waals surface area contributed by atoms with E-state index >= 15 is 0 Å². The zero-order chi connectivity index (χ0) is 17.9. The van der Waals surface area contributed by atoms with E-state index in [0.717, 1.165) is 5.56 Å². The second kappa shape index (κ2) is 6.91. The molecule has 0 aliphatic carbocycles. The fraction of sp³-hybridized carbons (Fsp3) is 0.235. The lowest BCUT2D eigenvalue weighted by atomic mass is 10.1. The van der Waals surface area contributed by atoms with Gasteiger partial charge in [-0.2, -0.15) is 10.4 Å². The Morgan fingerprint density at radius 2 is 2.12 bits per heavy atom. The van der Waals surface area contributed by atoms with Crippen LogP contribution < -0.4 is 5.32 Å². The lowest BCUT2D eigenvalue weighted by Crippen LogP contribution is -2.36. The predicted octanol–water partition coefficient (Wildman–Crippen LogP) is 1.29. The second-order valence-corrected chi connectivity index (χ2v) is 8.04. The van der Waals surface area contributed by atoms with Crippen LogP contribution in [0.5, 0.6) is 0 Å². The van der Waals surface area contributed by atoms with Gasteiger partial charge >= 0.3 is 0 Å². The largest absolute Gasteiger partial charge is 0.348 e. The number of carbonyl (C=O) groups is 1. The highest BCUT2D eigenvalue weighted by atomic mass is 32.2. The number of rotatable bonds is 4. The maximum absolute atomic E-state index is 12.3. The van der Waals surface area contributed by atoms with Gasteiger partial charge in [0.15, 0.2) is 9.84 Å². The number of aromatic amines is 1. The van der Waals surface area contributed by atoms with Gasteiger partial charge in [0.1, 0.15) is 11.6 Å². The molecule has 1 saturated heterocycles. The molecule has 1 amide bonds. The molecule has 0 radical (unpaired) electrons. The summed E-state index contributed by atoms with van der Waals surface area (Å²) in [5.74, 6) is -0.605. The van der Waals surface area contributed by atoms with Crippen LogP contribution in [0.25, 0.3) is 17.3 Å². The lowest BCUT2D eigenvalue weighted by Gasteiger charge is -2.09.